The van der Waals surface area contributed by atoms with Gasteiger partial charge in [-0.05, 0) is 49.8 Å². The molecule has 2 aromatic carbocycles. The van der Waals surface area contributed by atoms with E-state index in [0.717, 1.165) is 0 Å². The predicted octanol–water partition coefficient (Wildman–Crippen LogP) is 4.48. The molecule has 0 saturated carbocycles. The minimum atomic E-state index is 1.17. The summed E-state index contributed by atoms with van der Waals surface area (Å²) in [4.78, 5) is 0. The van der Waals surface area contributed by atoms with Gasteiger partial charge in [0, 0.05) is 0 Å². The molecule has 0 spiro atoms. The summed E-state index contributed by atoms with van der Waals surface area (Å²) in [7, 11) is 0. The van der Waals surface area contributed by atoms with Crippen LogP contribution >= 0.6 is 0 Å². The summed E-state index contributed by atoms with van der Waals surface area (Å²) >= 11 is 0. The van der Waals surface area contributed by atoms with Crippen molar-refractivity contribution in [1.29, 1.82) is 0 Å². The van der Waals surface area contributed by atoms with Gasteiger partial charge in [0.2, 0.25) is 0 Å². The largest absolute Gasteiger partial charge is 0.0622 e. The van der Waals surface area contributed by atoms with Gasteiger partial charge in [-0.2, -0.15) is 0 Å². The maximum Gasteiger partial charge on any atom is -0.0273 e. The summed E-state index contributed by atoms with van der Waals surface area (Å²) in [6.45, 7) is 4.37. The van der Waals surface area contributed by atoms with Crippen LogP contribution in [0.4, 0.5) is 0 Å². The number of hydrogen-bond acceptors (Lipinski definition) is 0. The first-order chi connectivity index (χ1) is 8.25. The van der Waals surface area contributed by atoms with Crippen LogP contribution in [-0.4, -0.2) is 0 Å². The molecule has 0 aliphatic heterocycles. The van der Waals surface area contributed by atoms with E-state index in [-0.39, 0.29) is 0 Å². The predicted molar refractivity (Wildman–Crippen MR) is 74.4 cm³/mol. The Morgan fingerprint density at radius 1 is 0.824 bits per heavy atom. The van der Waals surface area contributed by atoms with Crippen LogP contribution in [-0.2, 0) is 12.8 Å². The topological polar surface area (TPSA) is 0 Å². The lowest BCUT2D eigenvalue weighted by atomic mass is 9.99. The Morgan fingerprint density at radius 3 is 2.35 bits per heavy atom. The third-order valence-corrected chi connectivity index (χ3v) is 3.26. The van der Waals surface area contributed by atoms with Crippen molar-refractivity contribution >= 4 is 0 Å². The fraction of sp³-hybridized carbons (Fsp3) is 0.294. The zero-order valence-electron chi connectivity index (χ0n) is 10.7. The molecular weight excluding hydrogens is 204 g/mol. The fourth-order valence-electron chi connectivity index (χ4n) is 2.20. The molecule has 0 aromatic heterocycles. The Bertz CT molecular complexity index is 469. The van der Waals surface area contributed by atoms with Crippen LogP contribution in [0.15, 0.2) is 48.5 Å². The summed E-state index contributed by atoms with van der Waals surface area (Å²) in [5, 5.41) is 0. The van der Waals surface area contributed by atoms with Gasteiger partial charge in [0.05, 0.1) is 0 Å². The Balaban J connectivity index is 1.92. The van der Waals surface area contributed by atoms with Gasteiger partial charge in [0.1, 0.15) is 0 Å². The molecule has 2 aromatic rings. The second-order valence-electron chi connectivity index (χ2n) is 4.77. The van der Waals surface area contributed by atoms with Crippen molar-refractivity contribution in [3.8, 4) is 0 Å². The van der Waals surface area contributed by atoms with E-state index in [9.17, 15) is 0 Å². The van der Waals surface area contributed by atoms with Gasteiger partial charge in [0.15, 0.2) is 0 Å². The molecule has 0 amide bonds. The van der Waals surface area contributed by atoms with E-state index in [1.54, 1.807) is 0 Å². The molecule has 0 fully saturated rings. The van der Waals surface area contributed by atoms with Crippen LogP contribution in [0.3, 0.4) is 0 Å². The van der Waals surface area contributed by atoms with Gasteiger partial charge in [-0.3, -0.25) is 0 Å². The first kappa shape index (κ1) is 11.9. The molecule has 0 heterocycles. The van der Waals surface area contributed by atoms with Gasteiger partial charge < -0.3 is 0 Å². The third kappa shape index (κ3) is 3.45. The van der Waals surface area contributed by atoms with Crippen molar-refractivity contribution in [3.63, 3.8) is 0 Å². The molecule has 88 valence electrons. The van der Waals surface area contributed by atoms with Gasteiger partial charge in [-0.15, -0.1) is 0 Å². The Morgan fingerprint density at radius 2 is 1.59 bits per heavy atom. The molecule has 0 aliphatic carbocycles. The van der Waals surface area contributed by atoms with Gasteiger partial charge in [-0.25, -0.2) is 0 Å². The number of rotatable bonds is 4. The van der Waals surface area contributed by atoms with Gasteiger partial charge >= 0.3 is 0 Å². The molecule has 0 heteroatoms. The first-order valence-electron chi connectivity index (χ1n) is 6.36. The van der Waals surface area contributed by atoms with Crippen molar-refractivity contribution in [3.05, 3.63) is 70.8 Å². The normalized spacial score (nSPS) is 10.5. The first-order valence-corrected chi connectivity index (χ1v) is 6.36. The van der Waals surface area contributed by atoms with E-state index in [2.05, 4.69) is 62.4 Å². The van der Waals surface area contributed by atoms with Gasteiger partial charge in [-0.1, -0.05) is 54.1 Å². The number of hydrogen-bond donors (Lipinski definition) is 0. The maximum absolute atomic E-state index is 2.32. The number of aryl methyl sites for hydroxylation is 4. The van der Waals surface area contributed by atoms with Crippen LogP contribution in [0.2, 0.25) is 0 Å². The molecule has 0 aliphatic rings. The molecule has 0 N–H and O–H groups in total. The third-order valence-electron chi connectivity index (χ3n) is 3.26. The van der Waals surface area contributed by atoms with Crippen LogP contribution in [0.1, 0.15) is 28.7 Å². The maximum atomic E-state index is 2.32. The second kappa shape index (κ2) is 5.67. The zero-order chi connectivity index (χ0) is 12.1. The fourth-order valence-corrected chi connectivity index (χ4v) is 2.20. The van der Waals surface area contributed by atoms with Crippen molar-refractivity contribution in [2.24, 2.45) is 0 Å². The average molecular weight is 224 g/mol. The molecule has 2 rings (SSSR count). The summed E-state index contributed by atoms with van der Waals surface area (Å²) < 4.78 is 0. The summed E-state index contributed by atoms with van der Waals surface area (Å²) in [6, 6.07) is 17.5. The highest BCUT2D eigenvalue weighted by Crippen LogP contribution is 2.14. The van der Waals surface area contributed by atoms with Crippen LogP contribution < -0.4 is 0 Å². The van der Waals surface area contributed by atoms with Crippen molar-refractivity contribution < 1.29 is 0 Å². The van der Waals surface area contributed by atoms with Crippen molar-refractivity contribution in [1.82, 2.24) is 0 Å². The lowest BCUT2D eigenvalue weighted by Crippen LogP contribution is -1.93. The van der Waals surface area contributed by atoms with Crippen LogP contribution in [0, 0.1) is 13.8 Å². The summed E-state index contributed by atoms with van der Waals surface area (Å²) in [5.41, 5.74) is 5.73. The summed E-state index contributed by atoms with van der Waals surface area (Å²) in [5.74, 6) is 0. The second-order valence-corrected chi connectivity index (χ2v) is 4.77. The van der Waals surface area contributed by atoms with E-state index in [1.807, 2.05) is 0 Å². The Kier molecular flexibility index (Phi) is 3.98. The van der Waals surface area contributed by atoms with E-state index < -0.39 is 0 Å². The number of benzene rings is 2. The average Bonchev–Trinajstić information content (AvgIpc) is 2.35. The highest BCUT2D eigenvalue weighted by Gasteiger charge is 1.99. The molecule has 17 heavy (non-hydrogen) atoms. The summed E-state index contributed by atoms with van der Waals surface area (Å²) in [6.07, 6.45) is 3.59. The van der Waals surface area contributed by atoms with Crippen LogP contribution in [0.25, 0.3) is 0 Å². The van der Waals surface area contributed by atoms with E-state index in [1.165, 1.54) is 41.5 Å². The SMILES string of the molecule is Cc1ccc(C)c(CCCc2ccccc2)c1. The molecule has 0 bridgehead atoms. The quantitative estimate of drug-likeness (QED) is 0.718. The lowest BCUT2D eigenvalue weighted by molar-refractivity contribution is 0.815. The highest BCUT2D eigenvalue weighted by molar-refractivity contribution is 5.30. The Labute approximate surface area is 104 Å². The zero-order valence-corrected chi connectivity index (χ0v) is 10.7. The smallest absolute Gasteiger partial charge is 0.0273 e. The van der Waals surface area contributed by atoms with Gasteiger partial charge in [0.25, 0.3) is 0 Å². The van der Waals surface area contributed by atoms with E-state index in [4.69, 9.17) is 0 Å². The monoisotopic (exact) mass is 224 g/mol. The minimum absolute atomic E-state index is 1.17. The standard InChI is InChI=1S/C17H20/c1-14-11-12-15(2)17(13-14)10-6-9-16-7-4-3-5-8-16/h3-5,7-8,11-13H,6,9-10H2,1-2H3. The highest BCUT2D eigenvalue weighted by atomic mass is 14.0. The molecule has 0 saturated heterocycles. The Hall–Kier alpha value is -1.56. The molecule has 0 radical (unpaired) electrons. The van der Waals surface area contributed by atoms with Crippen LogP contribution in [0.5, 0.6) is 0 Å². The molecule has 0 nitrogen and oxygen atoms in total. The van der Waals surface area contributed by atoms with E-state index >= 15 is 0 Å². The van der Waals surface area contributed by atoms with E-state index in [0.29, 0.717) is 0 Å². The lowest BCUT2D eigenvalue weighted by Gasteiger charge is -2.07. The van der Waals surface area contributed by atoms with Crippen molar-refractivity contribution in [2.75, 3.05) is 0 Å². The molecule has 0 unspecified atom stereocenters. The van der Waals surface area contributed by atoms with Crippen molar-refractivity contribution in [2.45, 2.75) is 33.1 Å². The molecule has 0 atom stereocenters. The minimum Gasteiger partial charge on any atom is -0.0622 e. The molecular formula is C17H20.